The van der Waals surface area contributed by atoms with Crippen LogP contribution in [0.15, 0.2) is 24.3 Å². The molecule has 0 aliphatic heterocycles. The van der Waals surface area contributed by atoms with Crippen LogP contribution in [0.1, 0.15) is 18.4 Å². The van der Waals surface area contributed by atoms with Gasteiger partial charge >= 0.3 is 5.97 Å². The molecule has 0 heterocycles. The lowest BCUT2D eigenvalue weighted by molar-refractivity contribution is -0.138. The number of rotatable bonds is 4. The molecule has 0 amide bonds. The van der Waals surface area contributed by atoms with Gasteiger partial charge in [0.05, 0.1) is 0 Å². The van der Waals surface area contributed by atoms with Gasteiger partial charge in [-0.2, -0.15) is 0 Å². The molecule has 1 fully saturated rings. The molecule has 3 heteroatoms. The average Bonchev–Trinajstić information content (AvgIpc) is 2.97. The normalized spacial score (nSPS) is 17.1. The van der Waals surface area contributed by atoms with Crippen molar-refractivity contribution in [1.29, 1.82) is 0 Å². The van der Waals surface area contributed by atoms with Crippen molar-refractivity contribution < 1.29 is 9.90 Å². The van der Waals surface area contributed by atoms with Crippen LogP contribution in [-0.4, -0.2) is 17.1 Å². The molecular formula is C12H15NO2. The van der Waals surface area contributed by atoms with Crippen molar-refractivity contribution in [2.24, 2.45) is 5.92 Å². The summed E-state index contributed by atoms with van der Waals surface area (Å²) in [6.07, 6.45) is 2.05. The first-order chi connectivity index (χ1) is 7.16. The van der Waals surface area contributed by atoms with Crippen molar-refractivity contribution in [3.05, 3.63) is 29.8 Å². The smallest absolute Gasteiger partial charge is 0.326 e. The molecule has 2 rings (SSSR count). The van der Waals surface area contributed by atoms with Gasteiger partial charge in [-0.25, -0.2) is 4.79 Å². The molecule has 0 radical (unpaired) electrons. The zero-order valence-electron chi connectivity index (χ0n) is 8.73. The molecule has 0 aromatic heterocycles. The van der Waals surface area contributed by atoms with Crippen LogP contribution in [0.4, 0.5) is 5.69 Å². The Kier molecular flexibility index (Phi) is 2.62. The lowest BCUT2D eigenvalue weighted by atomic mass is 10.1. The maximum absolute atomic E-state index is 11.0. The van der Waals surface area contributed by atoms with Crippen LogP contribution in [0.3, 0.4) is 0 Å². The number of anilines is 1. The van der Waals surface area contributed by atoms with E-state index in [1.54, 1.807) is 0 Å². The summed E-state index contributed by atoms with van der Waals surface area (Å²) in [6.45, 7) is 2.00. The Balaban J connectivity index is 2.08. The third-order valence-electron chi connectivity index (χ3n) is 2.70. The highest BCUT2D eigenvalue weighted by Crippen LogP contribution is 2.34. The molecule has 0 saturated heterocycles. The minimum atomic E-state index is -0.751. The zero-order chi connectivity index (χ0) is 10.8. The number of nitrogens with one attached hydrogen (secondary N) is 1. The summed E-state index contributed by atoms with van der Waals surface area (Å²) in [5.41, 5.74) is 2.04. The van der Waals surface area contributed by atoms with Crippen LogP contribution in [-0.2, 0) is 4.79 Å². The number of aliphatic carboxylic acids is 1. The van der Waals surface area contributed by atoms with E-state index in [1.165, 1.54) is 0 Å². The van der Waals surface area contributed by atoms with Crippen LogP contribution in [0.25, 0.3) is 0 Å². The van der Waals surface area contributed by atoms with E-state index in [2.05, 4.69) is 5.32 Å². The third-order valence-corrected chi connectivity index (χ3v) is 2.70. The van der Waals surface area contributed by atoms with E-state index in [0.29, 0.717) is 5.92 Å². The largest absolute Gasteiger partial charge is 0.480 e. The number of carboxylic acid groups (broad SMARTS) is 1. The SMILES string of the molecule is Cc1cccc(NC(C(=O)O)C2CC2)c1. The lowest BCUT2D eigenvalue weighted by Gasteiger charge is -2.15. The number of aryl methyl sites for hydroxylation is 1. The second-order valence-electron chi connectivity index (χ2n) is 4.17. The summed E-state index contributed by atoms with van der Waals surface area (Å²) < 4.78 is 0. The summed E-state index contributed by atoms with van der Waals surface area (Å²) in [6, 6.07) is 7.39. The first-order valence-electron chi connectivity index (χ1n) is 5.23. The maximum Gasteiger partial charge on any atom is 0.326 e. The highest BCUT2D eigenvalue weighted by atomic mass is 16.4. The third kappa shape index (κ3) is 2.49. The molecule has 1 atom stereocenters. The predicted octanol–water partition coefficient (Wildman–Crippen LogP) is 2.27. The summed E-state index contributed by atoms with van der Waals surface area (Å²) in [5.74, 6) is -0.443. The molecule has 1 aliphatic carbocycles. The van der Waals surface area contributed by atoms with Crippen molar-refractivity contribution in [2.45, 2.75) is 25.8 Å². The van der Waals surface area contributed by atoms with E-state index in [1.807, 2.05) is 31.2 Å². The lowest BCUT2D eigenvalue weighted by Crippen LogP contribution is -2.31. The van der Waals surface area contributed by atoms with Gasteiger partial charge in [-0.15, -0.1) is 0 Å². The molecule has 0 bridgehead atoms. The van der Waals surface area contributed by atoms with Gasteiger partial charge in [0, 0.05) is 5.69 Å². The first-order valence-corrected chi connectivity index (χ1v) is 5.23. The van der Waals surface area contributed by atoms with Gasteiger partial charge < -0.3 is 10.4 Å². The maximum atomic E-state index is 11.0. The molecule has 1 aromatic rings. The Hall–Kier alpha value is -1.51. The van der Waals surface area contributed by atoms with Crippen LogP contribution in [0.5, 0.6) is 0 Å². The second kappa shape index (κ2) is 3.93. The Bertz CT molecular complexity index is 372. The van der Waals surface area contributed by atoms with Gasteiger partial charge in [-0.05, 0) is 43.4 Å². The Morgan fingerprint density at radius 2 is 2.27 bits per heavy atom. The predicted molar refractivity (Wildman–Crippen MR) is 58.9 cm³/mol. The Morgan fingerprint density at radius 1 is 1.53 bits per heavy atom. The molecule has 1 unspecified atom stereocenters. The first kappa shape index (κ1) is 10.0. The van der Waals surface area contributed by atoms with Gasteiger partial charge in [-0.3, -0.25) is 0 Å². The van der Waals surface area contributed by atoms with Crippen LogP contribution in [0, 0.1) is 12.8 Å². The van der Waals surface area contributed by atoms with E-state index in [4.69, 9.17) is 5.11 Å². The van der Waals surface area contributed by atoms with Gasteiger partial charge in [-0.1, -0.05) is 12.1 Å². The van der Waals surface area contributed by atoms with Crippen molar-refractivity contribution >= 4 is 11.7 Å². The number of hydrogen-bond donors (Lipinski definition) is 2. The minimum absolute atomic E-state index is 0.308. The molecule has 2 N–H and O–H groups in total. The zero-order valence-corrected chi connectivity index (χ0v) is 8.73. The number of hydrogen-bond acceptors (Lipinski definition) is 2. The van der Waals surface area contributed by atoms with E-state index in [9.17, 15) is 4.79 Å². The molecule has 80 valence electrons. The van der Waals surface area contributed by atoms with Crippen molar-refractivity contribution in [3.8, 4) is 0 Å². The van der Waals surface area contributed by atoms with Crippen LogP contribution < -0.4 is 5.32 Å². The summed E-state index contributed by atoms with van der Waals surface area (Å²) in [4.78, 5) is 11.0. The van der Waals surface area contributed by atoms with E-state index in [0.717, 1.165) is 24.1 Å². The molecule has 1 saturated carbocycles. The molecule has 1 aromatic carbocycles. The fourth-order valence-corrected chi connectivity index (χ4v) is 1.73. The molecule has 1 aliphatic rings. The molecule has 0 spiro atoms. The van der Waals surface area contributed by atoms with Crippen molar-refractivity contribution in [1.82, 2.24) is 0 Å². The second-order valence-corrected chi connectivity index (χ2v) is 4.17. The fourth-order valence-electron chi connectivity index (χ4n) is 1.73. The number of benzene rings is 1. The summed E-state index contributed by atoms with van der Waals surface area (Å²) in [5, 5.41) is 12.1. The number of carbonyl (C=O) groups is 1. The van der Waals surface area contributed by atoms with Crippen LogP contribution in [0.2, 0.25) is 0 Å². The van der Waals surface area contributed by atoms with Gasteiger partial charge in [0.25, 0.3) is 0 Å². The fraction of sp³-hybridized carbons (Fsp3) is 0.417. The Morgan fingerprint density at radius 3 is 2.80 bits per heavy atom. The van der Waals surface area contributed by atoms with E-state index < -0.39 is 12.0 Å². The van der Waals surface area contributed by atoms with Crippen molar-refractivity contribution in [3.63, 3.8) is 0 Å². The summed E-state index contributed by atoms with van der Waals surface area (Å²) in [7, 11) is 0. The van der Waals surface area contributed by atoms with Crippen LogP contribution >= 0.6 is 0 Å². The minimum Gasteiger partial charge on any atom is -0.480 e. The van der Waals surface area contributed by atoms with Gasteiger partial charge in [0.1, 0.15) is 6.04 Å². The van der Waals surface area contributed by atoms with E-state index >= 15 is 0 Å². The topological polar surface area (TPSA) is 49.3 Å². The average molecular weight is 205 g/mol. The quantitative estimate of drug-likeness (QED) is 0.792. The number of carboxylic acids is 1. The molecule has 3 nitrogen and oxygen atoms in total. The monoisotopic (exact) mass is 205 g/mol. The van der Waals surface area contributed by atoms with Gasteiger partial charge in [0.15, 0.2) is 0 Å². The summed E-state index contributed by atoms with van der Waals surface area (Å²) >= 11 is 0. The molecule has 15 heavy (non-hydrogen) atoms. The van der Waals surface area contributed by atoms with Gasteiger partial charge in [0.2, 0.25) is 0 Å². The highest BCUT2D eigenvalue weighted by molar-refractivity contribution is 5.78. The Labute approximate surface area is 89.1 Å². The molecular weight excluding hydrogens is 190 g/mol. The highest BCUT2D eigenvalue weighted by Gasteiger charge is 2.36. The van der Waals surface area contributed by atoms with E-state index in [-0.39, 0.29) is 0 Å². The standard InChI is InChI=1S/C12H15NO2/c1-8-3-2-4-10(7-8)13-11(12(14)15)9-5-6-9/h2-4,7,9,11,13H,5-6H2,1H3,(H,14,15). The van der Waals surface area contributed by atoms with Crippen molar-refractivity contribution in [2.75, 3.05) is 5.32 Å².